The first-order valence-corrected chi connectivity index (χ1v) is 11.9. The second kappa shape index (κ2) is 10.6. The van der Waals surface area contributed by atoms with E-state index in [2.05, 4.69) is 48.2 Å². The summed E-state index contributed by atoms with van der Waals surface area (Å²) in [5.41, 5.74) is 0. The SMILES string of the molecule is N#CC1CCNC(C(=O)NCCNC(=O)C2=CN(C3NCNC4NCNC43)CCS2)C1. The maximum Gasteiger partial charge on any atom is 0.259 e. The average molecular weight is 450 g/mol. The van der Waals surface area contributed by atoms with Gasteiger partial charge in [-0.3, -0.25) is 30.9 Å². The molecule has 5 unspecified atom stereocenters. The lowest BCUT2D eigenvalue weighted by atomic mass is 9.93. The van der Waals surface area contributed by atoms with Crippen LogP contribution in [0.3, 0.4) is 0 Å². The number of nitrogens with zero attached hydrogens (tertiary/aromatic N) is 2. The number of nitrogens with one attached hydrogen (secondary N) is 7. The van der Waals surface area contributed by atoms with Gasteiger partial charge in [-0.05, 0) is 19.4 Å². The van der Waals surface area contributed by atoms with Crippen molar-refractivity contribution in [2.75, 3.05) is 45.3 Å². The van der Waals surface area contributed by atoms with Gasteiger partial charge in [-0.1, -0.05) is 0 Å². The third-order valence-electron chi connectivity index (χ3n) is 6.08. The van der Waals surface area contributed by atoms with Gasteiger partial charge in [0.25, 0.3) is 5.91 Å². The van der Waals surface area contributed by atoms with Crippen molar-refractivity contribution in [3.8, 4) is 6.07 Å². The van der Waals surface area contributed by atoms with Crippen molar-refractivity contribution < 1.29 is 9.59 Å². The van der Waals surface area contributed by atoms with Gasteiger partial charge in [-0.2, -0.15) is 5.26 Å². The number of nitriles is 1. The summed E-state index contributed by atoms with van der Waals surface area (Å²) in [6, 6.07) is 2.13. The van der Waals surface area contributed by atoms with E-state index < -0.39 is 0 Å². The normalized spacial score (nSPS) is 33.1. The molecule has 0 aliphatic carbocycles. The highest BCUT2D eigenvalue weighted by Crippen LogP contribution is 2.24. The fourth-order valence-corrected chi connectivity index (χ4v) is 5.35. The van der Waals surface area contributed by atoms with E-state index in [0.29, 0.717) is 37.6 Å². The molecular weight excluding hydrogens is 418 g/mol. The summed E-state index contributed by atoms with van der Waals surface area (Å²) < 4.78 is 0. The number of thioether (sulfide) groups is 1. The Balaban J connectivity index is 1.22. The van der Waals surface area contributed by atoms with E-state index in [0.717, 1.165) is 25.4 Å². The highest BCUT2D eigenvalue weighted by molar-refractivity contribution is 8.04. The van der Waals surface area contributed by atoms with Gasteiger partial charge in [0.15, 0.2) is 0 Å². The van der Waals surface area contributed by atoms with E-state index in [9.17, 15) is 9.59 Å². The summed E-state index contributed by atoms with van der Waals surface area (Å²) in [5, 5.41) is 31.7. The number of piperidine rings is 1. The molecule has 0 bridgehead atoms. The van der Waals surface area contributed by atoms with Crippen molar-refractivity contribution in [3.63, 3.8) is 0 Å². The zero-order valence-electron chi connectivity index (χ0n) is 17.4. The van der Waals surface area contributed by atoms with Crippen molar-refractivity contribution in [1.82, 2.24) is 42.1 Å². The number of hydrogen-bond donors (Lipinski definition) is 7. The number of amides is 2. The van der Waals surface area contributed by atoms with Gasteiger partial charge in [0.1, 0.15) is 0 Å². The van der Waals surface area contributed by atoms with Crippen LogP contribution in [0, 0.1) is 17.2 Å². The minimum absolute atomic E-state index is 0.0742. The van der Waals surface area contributed by atoms with Crippen LogP contribution < -0.4 is 37.2 Å². The van der Waals surface area contributed by atoms with E-state index in [4.69, 9.17) is 5.26 Å². The van der Waals surface area contributed by atoms with Gasteiger partial charge in [0, 0.05) is 50.8 Å². The van der Waals surface area contributed by atoms with Crippen molar-refractivity contribution in [3.05, 3.63) is 11.1 Å². The number of carbonyl (C=O) groups excluding carboxylic acids is 2. The van der Waals surface area contributed by atoms with Crippen LogP contribution in [0.25, 0.3) is 0 Å². The first-order valence-electron chi connectivity index (χ1n) is 10.9. The average Bonchev–Trinajstić information content (AvgIpc) is 3.30. The highest BCUT2D eigenvalue weighted by Gasteiger charge is 2.39. The minimum atomic E-state index is -0.334. The molecule has 5 atom stereocenters. The van der Waals surface area contributed by atoms with Crippen molar-refractivity contribution in [2.45, 2.75) is 37.3 Å². The predicted octanol–water partition coefficient (Wildman–Crippen LogP) is -2.68. The predicted molar refractivity (Wildman–Crippen MR) is 117 cm³/mol. The van der Waals surface area contributed by atoms with Crippen molar-refractivity contribution in [2.24, 2.45) is 5.92 Å². The molecule has 7 N–H and O–H groups in total. The summed E-state index contributed by atoms with van der Waals surface area (Å²) in [6.45, 7) is 3.74. The molecule has 0 aromatic heterocycles. The van der Waals surface area contributed by atoms with E-state index in [-0.39, 0.29) is 42.1 Å². The Morgan fingerprint density at radius 3 is 2.81 bits per heavy atom. The van der Waals surface area contributed by atoms with Gasteiger partial charge in [0.05, 0.1) is 35.4 Å². The maximum absolute atomic E-state index is 12.6. The minimum Gasteiger partial charge on any atom is -0.358 e. The lowest BCUT2D eigenvalue weighted by molar-refractivity contribution is -0.124. The van der Waals surface area contributed by atoms with Crippen LogP contribution in [0.15, 0.2) is 11.1 Å². The fraction of sp³-hybridized carbons (Fsp3) is 0.737. The van der Waals surface area contributed by atoms with E-state index in [1.54, 1.807) is 11.8 Å². The molecule has 4 heterocycles. The standard InChI is InChI=1S/C19H31N9O2S/c20-8-12-1-2-21-13(7-12)18(29)22-3-4-23-19(30)14-9-28(5-6-31-14)17-15-16(25-10-24-15)26-11-27-17/h9,12-13,15-17,21,24-27H,1-7,10-11H2,(H,22,29)(H,23,30). The monoisotopic (exact) mass is 449 g/mol. The van der Waals surface area contributed by atoms with Crippen LogP contribution in [0.5, 0.6) is 0 Å². The maximum atomic E-state index is 12.6. The second-order valence-corrected chi connectivity index (χ2v) is 9.24. The fourth-order valence-electron chi connectivity index (χ4n) is 4.41. The zero-order chi connectivity index (χ0) is 21.6. The smallest absolute Gasteiger partial charge is 0.259 e. The molecule has 0 aromatic rings. The van der Waals surface area contributed by atoms with Crippen LogP contribution in [0.2, 0.25) is 0 Å². The topological polar surface area (TPSA) is 145 Å². The Labute approximate surface area is 186 Å². The number of hydrogen-bond acceptors (Lipinski definition) is 10. The van der Waals surface area contributed by atoms with Crippen LogP contribution in [0.1, 0.15) is 12.8 Å². The lowest BCUT2D eigenvalue weighted by Gasteiger charge is -2.42. The summed E-state index contributed by atoms with van der Waals surface area (Å²) >= 11 is 1.55. The van der Waals surface area contributed by atoms with Gasteiger partial charge in [-0.15, -0.1) is 11.8 Å². The Morgan fingerprint density at radius 2 is 1.97 bits per heavy atom. The Hall–Kier alpha value is -1.88. The molecular formula is C19H31N9O2S. The molecule has 11 nitrogen and oxygen atoms in total. The molecule has 0 aromatic carbocycles. The molecule has 3 fully saturated rings. The molecule has 31 heavy (non-hydrogen) atoms. The molecule has 170 valence electrons. The molecule has 3 saturated heterocycles. The molecule has 0 radical (unpaired) electrons. The third-order valence-corrected chi connectivity index (χ3v) is 7.06. The van der Waals surface area contributed by atoms with Crippen LogP contribution in [-0.2, 0) is 9.59 Å². The van der Waals surface area contributed by atoms with Gasteiger partial charge >= 0.3 is 0 Å². The Bertz CT molecular complexity index is 742. The molecule has 4 aliphatic rings. The van der Waals surface area contributed by atoms with Crippen LogP contribution in [0.4, 0.5) is 0 Å². The number of fused-ring (bicyclic) bond motifs is 1. The van der Waals surface area contributed by atoms with Crippen LogP contribution in [-0.4, -0.2) is 86.4 Å². The Kier molecular flexibility index (Phi) is 7.65. The lowest BCUT2D eigenvalue weighted by Crippen LogP contribution is -2.68. The molecule has 0 saturated carbocycles. The zero-order valence-corrected chi connectivity index (χ0v) is 18.3. The molecule has 2 amide bonds. The largest absolute Gasteiger partial charge is 0.358 e. The van der Waals surface area contributed by atoms with E-state index >= 15 is 0 Å². The Morgan fingerprint density at radius 1 is 1.16 bits per heavy atom. The summed E-state index contributed by atoms with van der Waals surface area (Å²) in [6.07, 6.45) is 3.59. The molecule has 12 heteroatoms. The molecule has 4 rings (SSSR count). The molecule has 4 aliphatic heterocycles. The van der Waals surface area contributed by atoms with E-state index in [1.165, 1.54) is 0 Å². The first-order chi connectivity index (χ1) is 15.2. The molecule has 0 spiro atoms. The van der Waals surface area contributed by atoms with Crippen molar-refractivity contribution >= 4 is 23.6 Å². The first kappa shape index (κ1) is 22.3. The van der Waals surface area contributed by atoms with Gasteiger partial charge < -0.3 is 20.9 Å². The number of carbonyl (C=O) groups is 2. The number of rotatable bonds is 6. The summed E-state index contributed by atoms with van der Waals surface area (Å²) in [5.74, 6) is 0.540. The van der Waals surface area contributed by atoms with E-state index in [1.807, 2.05) is 6.20 Å². The van der Waals surface area contributed by atoms with Crippen LogP contribution >= 0.6 is 11.8 Å². The quantitative estimate of drug-likeness (QED) is 0.214. The summed E-state index contributed by atoms with van der Waals surface area (Å²) in [7, 11) is 0. The van der Waals surface area contributed by atoms with Gasteiger partial charge in [0.2, 0.25) is 5.91 Å². The highest BCUT2D eigenvalue weighted by atomic mass is 32.2. The van der Waals surface area contributed by atoms with Crippen molar-refractivity contribution in [1.29, 1.82) is 5.26 Å². The summed E-state index contributed by atoms with van der Waals surface area (Å²) in [4.78, 5) is 27.8. The van der Waals surface area contributed by atoms with Gasteiger partial charge in [-0.25, -0.2) is 0 Å². The third kappa shape index (κ3) is 5.49. The second-order valence-electron chi connectivity index (χ2n) is 8.10.